The Balaban J connectivity index is 1.29. The van der Waals surface area contributed by atoms with E-state index in [1.165, 1.54) is 12.5 Å². The molecule has 9 heteroatoms. The van der Waals surface area contributed by atoms with Crippen LogP contribution in [-0.4, -0.2) is 64.6 Å². The highest BCUT2D eigenvalue weighted by molar-refractivity contribution is 5.75. The van der Waals surface area contributed by atoms with Crippen molar-refractivity contribution >= 4 is 18.0 Å². The average molecular weight is 446 g/mol. The second-order valence-electron chi connectivity index (χ2n) is 9.34. The highest BCUT2D eigenvalue weighted by Crippen LogP contribution is 2.24. The van der Waals surface area contributed by atoms with Crippen LogP contribution in [0, 0.1) is 5.92 Å². The molecule has 2 N–H and O–H groups in total. The van der Waals surface area contributed by atoms with Crippen LogP contribution in [0.2, 0.25) is 0 Å². The van der Waals surface area contributed by atoms with Crippen LogP contribution in [0.5, 0.6) is 0 Å². The zero-order valence-corrected chi connectivity index (χ0v) is 19.4. The van der Waals surface area contributed by atoms with Crippen LogP contribution in [-0.2, 0) is 22.6 Å². The molecule has 2 aliphatic heterocycles. The number of hydrogen-bond acceptors (Lipinski definition) is 5. The minimum absolute atomic E-state index is 0.0272. The van der Waals surface area contributed by atoms with Crippen molar-refractivity contribution in [3.8, 4) is 0 Å². The lowest BCUT2D eigenvalue weighted by molar-refractivity contribution is -0.120. The van der Waals surface area contributed by atoms with Crippen molar-refractivity contribution in [3.63, 3.8) is 0 Å². The van der Waals surface area contributed by atoms with Gasteiger partial charge in [-0.3, -0.25) is 9.78 Å². The molecule has 32 heavy (non-hydrogen) atoms. The lowest BCUT2D eigenvalue weighted by atomic mass is 9.92. The summed E-state index contributed by atoms with van der Waals surface area (Å²) in [6.45, 7) is 8.57. The predicted octanol–water partition coefficient (Wildman–Crippen LogP) is 2.65. The third-order valence-corrected chi connectivity index (χ3v) is 6.08. The number of nitrogens with zero attached hydrogens (tertiary/aromatic N) is 3. The van der Waals surface area contributed by atoms with E-state index in [1.54, 1.807) is 24.9 Å². The lowest BCUT2D eigenvalue weighted by Gasteiger charge is -2.34. The van der Waals surface area contributed by atoms with Gasteiger partial charge in [-0.1, -0.05) is 0 Å². The van der Waals surface area contributed by atoms with Crippen molar-refractivity contribution in [1.29, 1.82) is 0 Å². The smallest absolute Gasteiger partial charge is 0.410 e. The van der Waals surface area contributed by atoms with Crippen molar-refractivity contribution in [2.45, 2.75) is 65.1 Å². The first-order chi connectivity index (χ1) is 15.2. The largest absolute Gasteiger partial charge is 0.442 e. The highest BCUT2D eigenvalue weighted by atomic mass is 16.6. The molecule has 0 aliphatic carbocycles. The Bertz CT molecular complexity index is 795. The number of ether oxygens (including phenoxy) is 1. The summed E-state index contributed by atoms with van der Waals surface area (Å²) in [6, 6.07) is 1.94. The Morgan fingerprint density at radius 2 is 1.84 bits per heavy atom. The fourth-order valence-electron chi connectivity index (χ4n) is 4.14. The summed E-state index contributed by atoms with van der Waals surface area (Å²) in [5.74, 6) is 0.402. The van der Waals surface area contributed by atoms with Crippen molar-refractivity contribution in [2.75, 3.05) is 26.2 Å². The van der Waals surface area contributed by atoms with Gasteiger partial charge in [-0.15, -0.1) is 0 Å². The SMILES string of the molecule is CC(=O)NCC(C)(C)OC(=O)N1CCC(CCCNC(=O)N2Cc3ccncc3C2)CC1. The predicted molar refractivity (Wildman–Crippen MR) is 120 cm³/mol. The summed E-state index contributed by atoms with van der Waals surface area (Å²) in [7, 11) is 0. The summed E-state index contributed by atoms with van der Waals surface area (Å²) in [5, 5.41) is 5.71. The van der Waals surface area contributed by atoms with Crippen molar-refractivity contribution in [3.05, 3.63) is 29.6 Å². The third-order valence-electron chi connectivity index (χ3n) is 6.08. The number of amides is 4. The fraction of sp³-hybridized carbons (Fsp3) is 0.652. The number of piperidine rings is 1. The number of fused-ring (bicyclic) bond motifs is 1. The molecule has 2 aliphatic rings. The molecule has 0 bridgehead atoms. The van der Waals surface area contributed by atoms with Crippen LogP contribution >= 0.6 is 0 Å². The number of urea groups is 1. The van der Waals surface area contributed by atoms with Crippen molar-refractivity contribution in [2.24, 2.45) is 5.92 Å². The minimum Gasteiger partial charge on any atom is -0.442 e. The first-order valence-electron chi connectivity index (χ1n) is 11.4. The summed E-state index contributed by atoms with van der Waals surface area (Å²) in [5.41, 5.74) is 1.54. The van der Waals surface area contributed by atoms with E-state index in [9.17, 15) is 14.4 Å². The topological polar surface area (TPSA) is 104 Å². The molecule has 1 saturated heterocycles. The van der Waals surface area contributed by atoms with Gasteiger partial charge in [-0.25, -0.2) is 9.59 Å². The van der Waals surface area contributed by atoms with Gasteiger partial charge >= 0.3 is 12.1 Å². The van der Waals surface area contributed by atoms with Gasteiger partial charge in [0.25, 0.3) is 0 Å². The van der Waals surface area contributed by atoms with Crippen LogP contribution in [0.1, 0.15) is 57.6 Å². The van der Waals surface area contributed by atoms with Gasteiger partial charge in [0, 0.05) is 52.0 Å². The van der Waals surface area contributed by atoms with Gasteiger partial charge in [0.2, 0.25) is 5.91 Å². The first kappa shape index (κ1) is 23.8. The van der Waals surface area contributed by atoms with E-state index in [0.717, 1.165) is 31.2 Å². The molecule has 0 aromatic carbocycles. The van der Waals surface area contributed by atoms with Gasteiger partial charge in [-0.2, -0.15) is 0 Å². The van der Waals surface area contributed by atoms with E-state index in [4.69, 9.17) is 4.74 Å². The van der Waals surface area contributed by atoms with Gasteiger partial charge in [-0.05, 0) is 62.6 Å². The maximum Gasteiger partial charge on any atom is 0.410 e. The summed E-state index contributed by atoms with van der Waals surface area (Å²) in [6.07, 6.45) is 7.08. The van der Waals surface area contributed by atoms with E-state index in [0.29, 0.717) is 38.6 Å². The maximum absolute atomic E-state index is 12.4. The van der Waals surface area contributed by atoms with E-state index < -0.39 is 5.60 Å². The molecule has 0 radical (unpaired) electrons. The molecule has 1 aromatic heterocycles. The molecule has 4 amide bonds. The third kappa shape index (κ3) is 6.83. The zero-order chi connectivity index (χ0) is 23.1. The molecule has 9 nitrogen and oxygen atoms in total. The molecule has 1 aromatic rings. The molecule has 1 fully saturated rings. The molecular weight excluding hydrogens is 410 g/mol. The number of nitrogens with one attached hydrogen (secondary N) is 2. The second kappa shape index (κ2) is 10.7. The van der Waals surface area contributed by atoms with Crippen LogP contribution in [0.15, 0.2) is 18.5 Å². The van der Waals surface area contributed by atoms with Gasteiger partial charge < -0.3 is 25.2 Å². The Kier molecular flexibility index (Phi) is 7.93. The summed E-state index contributed by atoms with van der Waals surface area (Å²) >= 11 is 0. The number of carbonyl (C=O) groups is 3. The van der Waals surface area contributed by atoms with Crippen molar-refractivity contribution in [1.82, 2.24) is 25.4 Å². The van der Waals surface area contributed by atoms with Gasteiger partial charge in [0.1, 0.15) is 5.60 Å². The number of pyridine rings is 1. The van der Waals surface area contributed by atoms with Gasteiger partial charge in [0.05, 0.1) is 6.54 Å². The Hall–Kier alpha value is -2.84. The summed E-state index contributed by atoms with van der Waals surface area (Å²) in [4.78, 5) is 43.6. The first-order valence-corrected chi connectivity index (χ1v) is 11.4. The molecule has 3 heterocycles. The minimum atomic E-state index is -0.745. The molecule has 0 unspecified atom stereocenters. The molecule has 0 spiro atoms. The number of hydrogen-bond donors (Lipinski definition) is 2. The van der Waals surface area contributed by atoms with E-state index in [-0.39, 0.29) is 24.6 Å². The van der Waals surface area contributed by atoms with Crippen LogP contribution < -0.4 is 10.6 Å². The molecular formula is C23H35N5O4. The lowest BCUT2D eigenvalue weighted by Crippen LogP contribution is -2.46. The highest BCUT2D eigenvalue weighted by Gasteiger charge is 2.29. The molecule has 0 atom stereocenters. The number of aromatic nitrogens is 1. The standard InChI is InChI=1S/C23H35N5O4/c1-17(29)26-16-23(2,3)32-22(31)27-11-7-18(8-12-27)5-4-9-25-21(30)28-14-19-6-10-24-13-20(19)15-28/h6,10,13,18H,4-5,7-9,11-12,14-16H2,1-3H3,(H,25,30)(H,26,29). The van der Waals surface area contributed by atoms with Crippen LogP contribution in [0.25, 0.3) is 0 Å². The molecule has 176 valence electrons. The molecule has 0 saturated carbocycles. The Morgan fingerprint density at radius 3 is 2.53 bits per heavy atom. The number of likely N-dealkylation sites (tertiary alicyclic amines) is 1. The van der Waals surface area contributed by atoms with Gasteiger partial charge in [0.15, 0.2) is 0 Å². The van der Waals surface area contributed by atoms with Crippen molar-refractivity contribution < 1.29 is 19.1 Å². The van der Waals surface area contributed by atoms with E-state index in [1.807, 2.05) is 17.2 Å². The normalized spacial score (nSPS) is 16.5. The zero-order valence-electron chi connectivity index (χ0n) is 19.4. The number of carbonyl (C=O) groups excluding carboxylic acids is 3. The maximum atomic E-state index is 12.4. The Morgan fingerprint density at radius 1 is 1.12 bits per heavy atom. The summed E-state index contributed by atoms with van der Waals surface area (Å²) < 4.78 is 5.58. The molecule has 3 rings (SSSR count). The second-order valence-corrected chi connectivity index (χ2v) is 9.34. The fourth-order valence-corrected chi connectivity index (χ4v) is 4.14. The number of rotatable bonds is 7. The van der Waals surface area contributed by atoms with Crippen LogP contribution in [0.4, 0.5) is 9.59 Å². The quantitative estimate of drug-likeness (QED) is 0.628. The van der Waals surface area contributed by atoms with Crippen LogP contribution in [0.3, 0.4) is 0 Å². The monoisotopic (exact) mass is 445 g/mol. The van der Waals surface area contributed by atoms with E-state index >= 15 is 0 Å². The Labute approximate surface area is 189 Å². The average Bonchev–Trinajstić information content (AvgIpc) is 3.20. The van der Waals surface area contributed by atoms with E-state index in [2.05, 4.69) is 15.6 Å².